The zero-order valence-corrected chi connectivity index (χ0v) is 21.3. The second-order valence-electron chi connectivity index (χ2n) is 7.84. The van der Waals surface area contributed by atoms with Gasteiger partial charge < -0.3 is 15.2 Å². The number of rotatable bonds is 12. The number of hydrogen-bond acceptors (Lipinski definition) is 7. The van der Waals surface area contributed by atoms with E-state index in [1.807, 2.05) is 6.92 Å². The van der Waals surface area contributed by atoms with Crippen molar-refractivity contribution in [1.82, 2.24) is 5.43 Å². The van der Waals surface area contributed by atoms with Crippen molar-refractivity contribution in [1.29, 1.82) is 0 Å². The number of nitrogens with two attached hydrogens (primary N) is 1. The molecule has 0 unspecified atom stereocenters. The van der Waals surface area contributed by atoms with Gasteiger partial charge in [-0.2, -0.15) is 5.10 Å². The van der Waals surface area contributed by atoms with Crippen molar-refractivity contribution in [3.8, 4) is 11.5 Å². The molecule has 2 amide bonds. The van der Waals surface area contributed by atoms with Gasteiger partial charge in [0.2, 0.25) is 0 Å². The van der Waals surface area contributed by atoms with Crippen molar-refractivity contribution < 1.29 is 27.5 Å². The maximum Gasteiger partial charge on any atom is 0.264 e. The first kappa shape index (κ1) is 27.2. The van der Waals surface area contributed by atoms with Gasteiger partial charge in [-0.05, 0) is 67.9 Å². The number of benzene rings is 3. The molecule has 0 aliphatic carbocycles. The predicted molar refractivity (Wildman–Crippen MR) is 140 cm³/mol. The van der Waals surface area contributed by atoms with Crippen LogP contribution in [0.15, 0.2) is 82.8 Å². The van der Waals surface area contributed by atoms with Gasteiger partial charge in [0.15, 0.2) is 6.61 Å². The number of hydrogen-bond donors (Lipinski definition) is 2. The summed E-state index contributed by atoms with van der Waals surface area (Å²) in [6, 6.07) is 19.5. The van der Waals surface area contributed by atoms with Crippen LogP contribution in [0.1, 0.15) is 18.1 Å². The molecule has 11 heteroatoms. The van der Waals surface area contributed by atoms with Crippen LogP contribution >= 0.6 is 0 Å². The Morgan fingerprint density at radius 1 is 1.00 bits per heavy atom. The number of aryl methyl sites for hydroxylation is 1. The molecule has 194 valence electrons. The summed E-state index contributed by atoms with van der Waals surface area (Å²) in [6.07, 6.45) is 1.39. The average Bonchev–Trinajstić information content (AvgIpc) is 2.87. The number of carbonyl (C=O) groups is 2. The summed E-state index contributed by atoms with van der Waals surface area (Å²) in [5, 5.41) is 3.93. The third kappa shape index (κ3) is 7.55. The minimum atomic E-state index is -4.11. The third-order valence-corrected chi connectivity index (χ3v) is 6.77. The van der Waals surface area contributed by atoms with Crippen LogP contribution in [0, 0.1) is 6.92 Å². The molecule has 37 heavy (non-hydrogen) atoms. The number of nitrogens with one attached hydrogen (secondary N) is 1. The van der Waals surface area contributed by atoms with Crippen LogP contribution in [0.3, 0.4) is 0 Å². The molecule has 0 spiro atoms. The Morgan fingerprint density at radius 2 is 1.68 bits per heavy atom. The smallest absolute Gasteiger partial charge is 0.264 e. The molecule has 0 aromatic heterocycles. The van der Waals surface area contributed by atoms with Gasteiger partial charge in [0, 0.05) is 0 Å². The lowest BCUT2D eigenvalue weighted by Gasteiger charge is -2.25. The lowest BCUT2D eigenvalue weighted by atomic mass is 10.2. The molecule has 0 heterocycles. The number of sulfonamides is 1. The van der Waals surface area contributed by atoms with Crippen molar-refractivity contribution in [3.05, 3.63) is 83.9 Å². The minimum absolute atomic E-state index is 0.0411. The number of primary amides is 1. The molecule has 3 rings (SSSR count). The number of hydrazone groups is 1. The number of nitrogens with zero attached hydrogens (tertiary/aromatic N) is 2. The Bertz CT molecular complexity index is 1360. The first-order chi connectivity index (χ1) is 17.7. The highest BCUT2D eigenvalue weighted by Gasteiger charge is 2.29. The van der Waals surface area contributed by atoms with Gasteiger partial charge in [0.25, 0.3) is 21.8 Å². The summed E-state index contributed by atoms with van der Waals surface area (Å²) in [5.74, 6) is -0.462. The van der Waals surface area contributed by atoms with E-state index in [9.17, 15) is 18.0 Å². The topological polar surface area (TPSA) is 140 Å². The lowest BCUT2D eigenvalue weighted by Crippen LogP contribution is -2.39. The molecule has 0 radical (unpaired) electrons. The van der Waals surface area contributed by atoms with E-state index in [0.717, 1.165) is 9.87 Å². The SMILES string of the molecule is CCOc1ccccc1N(CC(=O)N/N=C\c1ccc(OCC(N)=O)cc1)S(=O)(=O)c1ccc(C)cc1. The normalized spacial score (nSPS) is 11.2. The first-order valence-electron chi connectivity index (χ1n) is 11.3. The van der Waals surface area contributed by atoms with Gasteiger partial charge in [0.05, 0.1) is 23.4 Å². The fourth-order valence-corrected chi connectivity index (χ4v) is 4.66. The van der Waals surface area contributed by atoms with Gasteiger partial charge in [-0.1, -0.05) is 29.8 Å². The van der Waals surface area contributed by atoms with Crippen LogP contribution in [-0.4, -0.2) is 46.2 Å². The van der Waals surface area contributed by atoms with E-state index < -0.39 is 28.4 Å². The molecular formula is C26H28N4O6S. The monoisotopic (exact) mass is 524 g/mol. The lowest BCUT2D eigenvalue weighted by molar-refractivity contribution is -0.120. The van der Waals surface area contributed by atoms with Crippen molar-refractivity contribution in [2.24, 2.45) is 10.8 Å². The standard InChI is InChI=1S/C26H28N4O6S/c1-3-35-24-7-5-4-6-23(24)30(37(33,34)22-14-8-19(2)9-15-22)17-26(32)29-28-16-20-10-12-21(13-11-20)36-18-25(27)31/h4-16H,3,17-18H2,1-2H3,(H2,27,31)(H,29,32)/b28-16-. The summed E-state index contributed by atoms with van der Waals surface area (Å²) in [6.45, 7) is 3.19. The second-order valence-corrected chi connectivity index (χ2v) is 9.70. The van der Waals surface area contributed by atoms with Gasteiger partial charge >= 0.3 is 0 Å². The van der Waals surface area contributed by atoms with Crippen LogP contribution in [0.25, 0.3) is 0 Å². The number of amides is 2. The summed E-state index contributed by atoms with van der Waals surface area (Å²) in [5.41, 5.74) is 9.18. The summed E-state index contributed by atoms with van der Waals surface area (Å²) in [4.78, 5) is 23.6. The van der Waals surface area contributed by atoms with Crippen LogP contribution in [0.4, 0.5) is 5.69 Å². The first-order valence-corrected chi connectivity index (χ1v) is 12.8. The zero-order valence-electron chi connectivity index (χ0n) is 20.5. The van der Waals surface area contributed by atoms with E-state index in [-0.39, 0.29) is 17.2 Å². The van der Waals surface area contributed by atoms with E-state index in [4.69, 9.17) is 15.2 Å². The van der Waals surface area contributed by atoms with Gasteiger partial charge in [-0.3, -0.25) is 13.9 Å². The van der Waals surface area contributed by atoms with Crippen LogP contribution in [0.2, 0.25) is 0 Å². The summed E-state index contributed by atoms with van der Waals surface area (Å²) in [7, 11) is -4.11. The Hall–Kier alpha value is -4.38. The molecule has 0 atom stereocenters. The molecular weight excluding hydrogens is 496 g/mol. The summed E-state index contributed by atoms with van der Waals surface area (Å²) >= 11 is 0. The fraction of sp³-hybridized carbons (Fsp3) is 0.192. The van der Waals surface area contributed by atoms with Crippen LogP contribution in [0.5, 0.6) is 11.5 Å². The van der Waals surface area contributed by atoms with Gasteiger partial charge in [-0.15, -0.1) is 0 Å². The van der Waals surface area contributed by atoms with Gasteiger partial charge in [-0.25, -0.2) is 13.8 Å². The van der Waals surface area contributed by atoms with Crippen molar-refractivity contribution in [3.63, 3.8) is 0 Å². The highest BCUT2D eigenvalue weighted by Crippen LogP contribution is 2.32. The Labute approximate surface area is 215 Å². The molecule has 0 saturated heterocycles. The molecule has 0 bridgehead atoms. The van der Waals surface area contributed by atoms with Gasteiger partial charge in [0.1, 0.15) is 18.0 Å². The van der Waals surface area contributed by atoms with E-state index in [1.165, 1.54) is 18.3 Å². The molecule has 3 N–H and O–H groups in total. The fourth-order valence-electron chi connectivity index (χ4n) is 3.23. The largest absolute Gasteiger partial charge is 0.492 e. The maximum atomic E-state index is 13.6. The maximum absolute atomic E-state index is 13.6. The molecule has 0 aliphatic rings. The van der Waals surface area contributed by atoms with Crippen LogP contribution in [-0.2, 0) is 19.6 Å². The zero-order chi connectivity index (χ0) is 26.8. The molecule has 0 fully saturated rings. The highest BCUT2D eigenvalue weighted by atomic mass is 32.2. The van der Waals surface area contributed by atoms with Crippen molar-refractivity contribution in [2.45, 2.75) is 18.7 Å². The number of para-hydroxylation sites is 2. The molecule has 3 aromatic carbocycles. The minimum Gasteiger partial charge on any atom is -0.492 e. The second kappa shape index (κ2) is 12.5. The Balaban J connectivity index is 1.79. The molecule has 10 nitrogen and oxygen atoms in total. The predicted octanol–water partition coefficient (Wildman–Crippen LogP) is 2.60. The number of ether oxygens (including phenoxy) is 2. The van der Waals surface area contributed by atoms with E-state index in [1.54, 1.807) is 67.6 Å². The van der Waals surface area contributed by atoms with E-state index in [2.05, 4.69) is 10.5 Å². The molecule has 0 saturated carbocycles. The third-order valence-electron chi connectivity index (χ3n) is 4.99. The van der Waals surface area contributed by atoms with Crippen molar-refractivity contribution in [2.75, 3.05) is 24.1 Å². The van der Waals surface area contributed by atoms with E-state index in [0.29, 0.717) is 23.7 Å². The van der Waals surface area contributed by atoms with E-state index >= 15 is 0 Å². The highest BCUT2D eigenvalue weighted by molar-refractivity contribution is 7.92. The Morgan fingerprint density at radius 3 is 2.32 bits per heavy atom. The number of carbonyl (C=O) groups excluding carboxylic acids is 2. The number of anilines is 1. The Kier molecular flexibility index (Phi) is 9.22. The van der Waals surface area contributed by atoms with Crippen molar-refractivity contribution >= 4 is 33.7 Å². The quantitative estimate of drug-likeness (QED) is 0.276. The summed E-state index contributed by atoms with van der Waals surface area (Å²) < 4.78 is 39.0. The molecule has 3 aromatic rings. The average molecular weight is 525 g/mol. The molecule has 0 aliphatic heterocycles. The van der Waals surface area contributed by atoms with Crippen LogP contribution < -0.4 is 24.9 Å².